The number of nitrogens with one attached hydrogen (secondary N) is 1. The summed E-state index contributed by atoms with van der Waals surface area (Å²) < 4.78 is 5.30. The smallest absolute Gasteiger partial charge is 0.132 e. The largest absolute Gasteiger partial charge is 0.496 e. The van der Waals surface area contributed by atoms with E-state index in [1.165, 1.54) is 12.8 Å². The van der Waals surface area contributed by atoms with Crippen molar-refractivity contribution in [2.24, 2.45) is 0 Å². The molecule has 15 heavy (non-hydrogen) atoms. The Morgan fingerprint density at radius 1 is 1.53 bits per heavy atom. The Morgan fingerprint density at radius 2 is 2.40 bits per heavy atom. The third kappa shape index (κ3) is 2.80. The molecule has 1 aromatic rings. The molecule has 0 bridgehead atoms. The Kier molecular flexibility index (Phi) is 3.78. The van der Waals surface area contributed by atoms with Gasteiger partial charge in [-0.1, -0.05) is 11.6 Å². The molecule has 1 heterocycles. The maximum absolute atomic E-state index is 5.97. The second-order valence-electron chi connectivity index (χ2n) is 3.50. The van der Waals surface area contributed by atoms with Crippen molar-refractivity contribution in [3.05, 3.63) is 23.2 Å². The molecule has 4 heteroatoms. The molecule has 2 rings (SSSR count). The molecule has 1 atom stereocenters. The van der Waals surface area contributed by atoms with Gasteiger partial charge in [0.05, 0.1) is 17.4 Å². The van der Waals surface area contributed by atoms with Gasteiger partial charge >= 0.3 is 0 Å². The van der Waals surface area contributed by atoms with Crippen LogP contribution in [0.4, 0.5) is 0 Å². The quantitative estimate of drug-likeness (QED) is 0.881. The highest BCUT2D eigenvalue weighted by molar-refractivity contribution is 8.00. The normalized spacial score (nSPS) is 20.5. The van der Waals surface area contributed by atoms with Gasteiger partial charge in [0.2, 0.25) is 0 Å². The summed E-state index contributed by atoms with van der Waals surface area (Å²) in [4.78, 5) is 1.12. The number of hydrogen-bond acceptors (Lipinski definition) is 3. The number of thioether (sulfide) groups is 1. The highest BCUT2D eigenvalue weighted by atomic mass is 35.5. The van der Waals surface area contributed by atoms with Gasteiger partial charge < -0.3 is 10.1 Å². The summed E-state index contributed by atoms with van der Waals surface area (Å²) in [6.45, 7) is 1.11. The first-order valence-corrected chi connectivity index (χ1v) is 6.29. The van der Waals surface area contributed by atoms with Crippen LogP contribution < -0.4 is 10.1 Å². The maximum atomic E-state index is 5.97. The van der Waals surface area contributed by atoms with E-state index in [4.69, 9.17) is 16.3 Å². The fourth-order valence-corrected chi connectivity index (χ4v) is 3.14. The molecule has 1 aliphatic rings. The first-order chi connectivity index (χ1) is 7.29. The molecule has 0 radical (unpaired) electrons. The molecule has 1 N–H and O–H groups in total. The van der Waals surface area contributed by atoms with E-state index in [0.717, 1.165) is 22.2 Å². The van der Waals surface area contributed by atoms with Crippen LogP contribution in [0.5, 0.6) is 5.75 Å². The van der Waals surface area contributed by atoms with Gasteiger partial charge in [-0.25, -0.2) is 0 Å². The van der Waals surface area contributed by atoms with Gasteiger partial charge in [-0.3, -0.25) is 0 Å². The molecule has 1 unspecified atom stereocenters. The van der Waals surface area contributed by atoms with Crippen LogP contribution in [-0.2, 0) is 0 Å². The number of rotatable bonds is 3. The lowest BCUT2D eigenvalue weighted by atomic mass is 10.3. The molecule has 0 amide bonds. The zero-order chi connectivity index (χ0) is 10.7. The van der Waals surface area contributed by atoms with Gasteiger partial charge in [0.15, 0.2) is 0 Å². The van der Waals surface area contributed by atoms with Crippen LogP contribution in [-0.4, -0.2) is 19.0 Å². The zero-order valence-corrected chi connectivity index (χ0v) is 10.2. The topological polar surface area (TPSA) is 21.3 Å². The highest BCUT2D eigenvalue weighted by Gasteiger charge is 2.17. The first-order valence-electron chi connectivity index (χ1n) is 5.03. The minimum atomic E-state index is 0.498. The molecular weight excluding hydrogens is 230 g/mol. The number of halogens is 1. The van der Waals surface area contributed by atoms with Crippen molar-refractivity contribution in [3.63, 3.8) is 0 Å². The van der Waals surface area contributed by atoms with Crippen LogP contribution in [0.15, 0.2) is 23.1 Å². The van der Waals surface area contributed by atoms with Crippen molar-refractivity contribution in [2.45, 2.75) is 23.1 Å². The average Bonchev–Trinajstić information content (AvgIpc) is 2.71. The van der Waals surface area contributed by atoms with Gasteiger partial charge in [-0.2, -0.15) is 0 Å². The van der Waals surface area contributed by atoms with Crippen LogP contribution in [0.25, 0.3) is 0 Å². The maximum Gasteiger partial charge on any atom is 0.132 e. The second-order valence-corrected chi connectivity index (χ2v) is 5.18. The van der Waals surface area contributed by atoms with E-state index in [2.05, 4.69) is 5.32 Å². The third-order valence-electron chi connectivity index (χ3n) is 2.41. The summed E-state index contributed by atoms with van der Waals surface area (Å²) >= 11 is 7.77. The predicted molar refractivity (Wildman–Crippen MR) is 64.9 cm³/mol. The Labute approximate surface area is 99.3 Å². The number of benzene rings is 1. The molecule has 0 spiro atoms. The van der Waals surface area contributed by atoms with Crippen molar-refractivity contribution >= 4 is 23.4 Å². The monoisotopic (exact) mass is 243 g/mol. The van der Waals surface area contributed by atoms with Crippen LogP contribution in [0.1, 0.15) is 12.8 Å². The van der Waals surface area contributed by atoms with E-state index in [0.29, 0.717) is 5.37 Å². The summed E-state index contributed by atoms with van der Waals surface area (Å²) in [7, 11) is 1.69. The molecule has 0 aliphatic carbocycles. The van der Waals surface area contributed by atoms with Gasteiger partial charge in [0.1, 0.15) is 5.75 Å². The SMILES string of the molecule is COc1ccc(Cl)cc1SC1CCCN1. The van der Waals surface area contributed by atoms with Gasteiger partial charge in [0.25, 0.3) is 0 Å². The van der Waals surface area contributed by atoms with Crippen LogP contribution in [0.2, 0.25) is 5.02 Å². The van der Waals surface area contributed by atoms with Crippen molar-refractivity contribution in [1.82, 2.24) is 5.32 Å². The highest BCUT2D eigenvalue weighted by Crippen LogP contribution is 2.35. The second kappa shape index (κ2) is 5.10. The van der Waals surface area contributed by atoms with Crippen molar-refractivity contribution in [3.8, 4) is 5.75 Å². The summed E-state index contributed by atoms with van der Waals surface area (Å²) in [5.41, 5.74) is 0. The fourth-order valence-electron chi connectivity index (χ4n) is 1.65. The van der Waals surface area contributed by atoms with Gasteiger partial charge in [-0.05, 0) is 37.6 Å². The summed E-state index contributed by atoms with van der Waals surface area (Å²) in [6, 6.07) is 5.73. The van der Waals surface area contributed by atoms with E-state index in [1.54, 1.807) is 18.9 Å². The molecule has 0 saturated carbocycles. The lowest BCUT2D eigenvalue weighted by Gasteiger charge is -2.13. The van der Waals surface area contributed by atoms with Crippen molar-refractivity contribution < 1.29 is 4.74 Å². The molecule has 1 aromatic carbocycles. The molecule has 0 aromatic heterocycles. The Bertz CT molecular complexity index is 339. The number of ether oxygens (including phenoxy) is 1. The van der Waals surface area contributed by atoms with E-state index in [9.17, 15) is 0 Å². The van der Waals surface area contributed by atoms with E-state index >= 15 is 0 Å². The van der Waals surface area contributed by atoms with Gasteiger partial charge in [0, 0.05) is 5.02 Å². The molecule has 1 aliphatic heterocycles. The van der Waals surface area contributed by atoms with E-state index in [-0.39, 0.29) is 0 Å². The average molecular weight is 244 g/mol. The van der Waals surface area contributed by atoms with E-state index in [1.807, 2.05) is 18.2 Å². The number of methoxy groups -OCH3 is 1. The molecule has 2 nitrogen and oxygen atoms in total. The number of hydrogen-bond donors (Lipinski definition) is 1. The van der Waals surface area contributed by atoms with Gasteiger partial charge in [-0.15, -0.1) is 11.8 Å². The van der Waals surface area contributed by atoms with Crippen molar-refractivity contribution in [2.75, 3.05) is 13.7 Å². The predicted octanol–water partition coefficient (Wildman–Crippen LogP) is 3.15. The summed E-state index contributed by atoms with van der Waals surface area (Å²) in [5, 5.41) is 4.70. The molecule has 1 fully saturated rings. The molecule has 1 saturated heterocycles. The minimum absolute atomic E-state index is 0.498. The Morgan fingerprint density at radius 3 is 3.07 bits per heavy atom. The Balaban J connectivity index is 2.14. The standard InChI is InChI=1S/C11H14ClNOS/c1-14-9-5-4-8(12)7-10(9)15-11-3-2-6-13-11/h4-5,7,11,13H,2-3,6H2,1H3. The summed E-state index contributed by atoms with van der Waals surface area (Å²) in [5.74, 6) is 0.901. The minimum Gasteiger partial charge on any atom is -0.496 e. The zero-order valence-electron chi connectivity index (χ0n) is 8.63. The summed E-state index contributed by atoms with van der Waals surface area (Å²) in [6.07, 6.45) is 2.46. The van der Waals surface area contributed by atoms with Crippen molar-refractivity contribution in [1.29, 1.82) is 0 Å². The van der Waals surface area contributed by atoms with E-state index < -0.39 is 0 Å². The van der Waals surface area contributed by atoms with Crippen LogP contribution in [0, 0.1) is 0 Å². The molecular formula is C11H14ClNOS. The lowest BCUT2D eigenvalue weighted by Crippen LogP contribution is -2.16. The van der Waals surface area contributed by atoms with Crippen LogP contribution >= 0.6 is 23.4 Å². The first kappa shape index (κ1) is 11.1. The lowest BCUT2D eigenvalue weighted by molar-refractivity contribution is 0.404. The Hall–Kier alpha value is -0.380. The van der Waals surface area contributed by atoms with Crippen LogP contribution in [0.3, 0.4) is 0 Å². The fraction of sp³-hybridized carbons (Fsp3) is 0.455. The molecule has 82 valence electrons. The third-order valence-corrected chi connectivity index (χ3v) is 3.90.